The normalized spacial score (nSPS) is 9.00. The van der Waals surface area contributed by atoms with Crippen LogP contribution in [0.3, 0.4) is 0 Å². The van der Waals surface area contributed by atoms with Crippen molar-refractivity contribution in [2.75, 3.05) is 11.1 Å². The van der Waals surface area contributed by atoms with Crippen LogP contribution in [0.1, 0.15) is 27.7 Å². The van der Waals surface area contributed by atoms with Crippen LogP contribution in [-0.4, -0.2) is 9.97 Å². The van der Waals surface area contributed by atoms with E-state index >= 15 is 0 Å². The second kappa shape index (κ2) is 13.0. The second-order valence-electron chi connectivity index (χ2n) is 2.49. The van der Waals surface area contributed by atoms with Gasteiger partial charge in [0, 0.05) is 11.9 Å². The maximum atomic E-state index is 5.49. The molecule has 0 saturated heterocycles. The highest BCUT2D eigenvalue weighted by atomic mass is 15.1. The van der Waals surface area contributed by atoms with E-state index in [4.69, 9.17) is 5.73 Å². The van der Waals surface area contributed by atoms with Crippen molar-refractivity contribution in [3.8, 4) is 0 Å². The molecule has 0 spiro atoms. The van der Waals surface area contributed by atoms with E-state index in [1.807, 2.05) is 27.7 Å². The van der Waals surface area contributed by atoms with Crippen molar-refractivity contribution in [3.05, 3.63) is 49.3 Å². The van der Waals surface area contributed by atoms with Gasteiger partial charge >= 0.3 is 0 Å². The van der Waals surface area contributed by atoms with Gasteiger partial charge in [-0.2, -0.15) is 4.98 Å². The molecule has 0 amide bonds. The third-order valence-corrected chi connectivity index (χ3v) is 1.45. The second-order valence-corrected chi connectivity index (χ2v) is 2.49. The molecule has 3 N–H and O–H groups in total. The summed E-state index contributed by atoms with van der Waals surface area (Å²) in [6, 6.07) is 1.62. The van der Waals surface area contributed by atoms with Crippen LogP contribution in [0.2, 0.25) is 0 Å². The minimum atomic E-state index is 0.421. The van der Waals surface area contributed by atoms with E-state index in [2.05, 4.69) is 28.4 Å². The lowest BCUT2D eigenvalue weighted by Crippen LogP contribution is -2.02. The molecular weight excluding hydrogens is 224 g/mol. The molecule has 0 bridgehead atoms. The number of hydrogen-bond acceptors (Lipinski definition) is 4. The molecule has 0 aliphatic rings. The number of hydrogen-bond donors (Lipinski definition) is 2. The summed E-state index contributed by atoms with van der Waals surface area (Å²) in [7, 11) is 0. The minimum absolute atomic E-state index is 0.421. The van der Waals surface area contributed by atoms with Gasteiger partial charge in [-0.3, -0.25) is 0 Å². The number of aromatic nitrogens is 2. The molecule has 0 radical (unpaired) electrons. The van der Waals surface area contributed by atoms with Gasteiger partial charge in [0.2, 0.25) is 5.95 Å². The summed E-state index contributed by atoms with van der Waals surface area (Å²) in [4.78, 5) is 7.96. The average Bonchev–Trinajstić information content (AvgIpc) is 2.43. The largest absolute Gasteiger partial charge is 0.384 e. The van der Waals surface area contributed by atoms with Crippen LogP contribution in [0.4, 0.5) is 11.8 Å². The van der Waals surface area contributed by atoms with Gasteiger partial charge in [-0.25, -0.2) is 4.98 Å². The van der Waals surface area contributed by atoms with E-state index in [0.29, 0.717) is 11.8 Å². The van der Waals surface area contributed by atoms with E-state index in [0.717, 1.165) is 5.70 Å². The highest BCUT2D eigenvalue weighted by Crippen LogP contribution is 2.05. The average molecular weight is 248 g/mol. The van der Waals surface area contributed by atoms with Gasteiger partial charge in [0.25, 0.3) is 0 Å². The Morgan fingerprint density at radius 1 is 1.28 bits per heavy atom. The van der Waals surface area contributed by atoms with Gasteiger partial charge in [-0.05, 0) is 18.2 Å². The third-order valence-electron chi connectivity index (χ3n) is 1.45. The summed E-state index contributed by atoms with van der Waals surface area (Å²) in [5.74, 6) is 0.863. The maximum Gasteiger partial charge on any atom is 0.229 e. The Labute approximate surface area is 110 Å². The van der Waals surface area contributed by atoms with Gasteiger partial charge in [0.1, 0.15) is 5.82 Å². The van der Waals surface area contributed by atoms with E-state index in [9.17, 15) is 0 Å². The van der Waals surface area contributed by atoms with Crippen LogP contribution in [-0.2, 0) is 0 Å². The lowest BCUT2D eigenvalue weighted by Gasteiger charge is -2.04. The molecule has 0 fully saturated rings. The lowest BCUT2D eigenvalue weighted by atomic mass is 10.4. The van der Waals surface area contributed by atoms with Crippen LogP contribution in [0, 0.1) is 0 Å². The first-order valence-corrected chi connectivity index (χ1v) is 6.07. The summed E-state index contributed by atoms with van der Waals surface area (Å²) in [5.41, 5.74) is 6.26. The van der Waals surface area contributed by atoms with E-state index in [1.165, 1.54) is 0 Å². The molecule has 0 aromatic carbocycles. The van der Waals surface area contributed by atoms with E-state index < -0.39 is 0 Å². The number of anilines is 2. The first-order chi connectivity index (χ1) is 8.76. The molecule has 0 atom stereocenters. The molecule has 100 valence electrons. The standard InChI is InChI=1S/C10H12N4.2C2H6/c1-3-5-8(4-2)13-10-12-7-6-9(11)14-10;2*1-2/h3-7H,1-2H2,(H3,11,12,13,14);2*1-2H3/b8-5+;;. The smallest absolute Gasteiger partial charge is 0.229 e. The van der Waals surface area contributed by atoms with Gasteiger partial charge < -0.3 is 11.1 Å². The molecule has 1 aromatic rings. The zero-order chi connectivity index (χ0) is 14.4. The van der Waals surface area contributed by atoms with Crippen molar-refractivity contribution < 1.29 is 0 Å². The number of nitrogens with zero attached hydrogens (tertiary/aromatic N) is 2. The molecule has 0 aliphatic carbocycles. The van der Waals surface area contributed by atoms with Crippen molar-refractivity contribution in [2.24, 2.45) is 0 Å². The van der Waals surface area contributed by atoms with Crippen molar-refractivity contribution in [1.82, 2.24) is 9.97 Å². The molecule has 0 aliphatic heterocycles. The zero-order valence-corrected chi connectivity index (χ0v) is 11.8. The molecule has 0 saturated carbocycles. The molecule has 0 unspecified atom stereocenters. The Balaban J connectivity index is 0. The lowest BCUT2D eigenvalue weighted by molar-refractivity contribution is 1.16. The molecule has 18 heavy (non-hydrogen) atoms. The Morgan fingerprint density at radius 3 is 2.33 bits per heavy atom. The third kappa shape index (κ3) is 8.10. The molecule has 1 aromatic heterocycles. The van der Waals surface area contributed by atoms with Gasteiger partial charge in [0.15, 0.2) is 0 Å². The first-order valence-electron chi connectivity index (χ1n) is 6.07. The minimum Gasteiger partial charge on any atom is -0.384 e. The Kier molecular flexibility index (Phi) is 13.2. The van der Waals surface area contributed by atoms with E-state index in [1.54, 1.807) is 30.5 Å². The number of nitrogens with one attached hydrogen (secondary N) is 1. The molecule has 4 nitrogen and oxygen atoms in total. The Morgan fingerprint density at radius 2 is 1.89 bits per heavy atom. The highest BCUT2D eigenvalue weighted by Gasteiger charge is 1.96. The summed E-state index contributed by atoms with van der Waals surface area (Å²) < 4.78 is 0. The number of nitrogen functional groups attached to an aromatic ring is 1. The van der Waals surface area contributed by atoms with Crippen molar-refractivity contribution in [1.29, 1.82) is 0 Å². The van der Waals surface area contributed by atoms with E-state index in [-0.39, 0.29) is 0 Å². The summed E-state index contributed by atoms with van der Waals surface area (Å²) in [6.07, 6.45) is 6.64. The summed E-state index contributed by atoms with van der Waals surface area (Å²) >= 11 is 0. The topological polar surface area (TPSA) is 63.8 Å². The maximum absolute atomic E-state index is 5.49. The van der Waals surface area contributed by atoms with Crippen LogP contribution < -0.4 is 11.1 Å². The van der Waals surface area contributed by atoms with Gasteiger partial charge in [0.05, 0.1) is 0 Å². The fourth-order valence-corrected chi connectivity index (χ4v) is 0.850. The number of allylic oxidation sites excluding steroid dienone is 3. The van der Waals surface area contributed by atoms with Crippen molar-refractivity contribution >= 4 is 11.8 Å². The van der Waals surface area contributed by atoms with Gasteiger partial charge in [-0.1, -0.05) is 46.9 Å². The van der Waals surface area contributed by atoms with Crippen LogP contribution in [0.5, 0.6) is 0 Å². The highest BCUT2D eigenvalue weighted by molar-refractivity contribution is 5.43. The SMILES string of the molecule is C=C/C=C(\C=C)Nc1nccc(N)n1.CC.CC. The van der Waals surface area contributed by atoms with Crippen molar-refractivity contribution in [2.45, 2.75) is 27.7 Å². The predicted molar refractivity (Wildman–Crippen MR) is 81.2 cm³/mol. The molecule has 1 rings (SSSR count). The number of nitrogens with two attached hydrogens (primary N) is 1. The quantitative estimate of drug-likeness (QED) is 0.796. The first kappa shape index (κ1) is 18.3. The molecule has 4 heteroatoms. The Hall–Kier alpha value is -2.10. The summed E-state index contributed by atoms with van der Waals surface area (Å²) in [5, 5.41) is 2.94. The fourth-order valence-electron chi connectivity index (χ4n) is 0.850. The summed E-state index contributed by atoms with van der Waals surface area (Å²) in [6.45, 7) is 15.2. The number of rotatable bonds is 4. The van der Waals surface area contributed by atoms with Gasteiger partial charge in [-0.15, -0.1) is 0 Å². The Bertz CT molecular complexity index is 370. The van der Waals surface area contributed by atoms with Crippen molar-refractivity contribution in [3.63, 3.8) is 0 Å². The predicted octanol–water partition coefficient (Wildman–Crippen LogP) is 3.78. The zero-order valence-electron chi connectivity index (χ0n) is 11.8. The monoisotopic (exact) mass is 248 g/mol. The molecule has 1 heterocycles. The fraction of sp³-hybridized carbons (Fsp3) is 0.286. The van der Waals surface area contributed by atoms with Crippen LogP contribution in [0.25, 0.3) is 0 Å². The molecular formula is C14H24N4. The van der Waals surface area contributed by atoms with Crippen LogP contribution in [0.15, 0.2) is 49.3 Å². The van der Waals surface area contributed by atoms with Crippen LogP contribution >= 0.6 is 0 Å².